The molecule has 0 fully saturated rings. The highest BCUT2D eigenvalue weighted by Crippen LogP contribution is 2.00. The third-order valence-corrected chi connectivity index (χ3v) is 1.16. The summed E-state index contributed by atoms with van der Waals surface area (Å²) < 4.78 is 5.00. The quantitative estimate of drug-likeness (QED) is 0.681. The van der Waals surface area contributed by atoms with Crippen LogP contribution in [0.15, 0.2) is 0 Å². The maximum absolute atomic E-state index is 5.00. The number of nitrogens with one attached hydrogen (secondary N) is 1. The summed E-state index contributed by atoms with van der Waals surface area (Å²) in [5.41, 5.74) is 0.128. The topological polar surface area (TPSA) is 21.3 Å². The van der Waals surface area contributed by atoms with Gasteiger partial charge in [-0.3, -0.25) is 0 Å². The highest BCUT2D eigenvalue weighted by Gasteiger charge is 2.13. The molecule has 2 heteroatoms. The van der Waals surface area contributed by atoms with Crippen molar-refractivity contribution in [3.63, 3.8) is 0 Å². The molecular weight excluding hydrogens is 138 g/mol. The smallest absolute Gasteiger partial charge is 0.0639 e. The summed E-state index contributed by atoms with van der Waals surface area (Å²) in [7, 11) is 1.72. The van der Waals surface area contributed by atoms with Gasteiger partial charge in [-0.25, -0.2) is 0 Å². The Morgan fingerprint density at radius 1 is 1.27 bits per heavy atom. The fraction of sp³-hybridized carbons (Fsp3) is 1.00. The molecule has 0 spiro atoms. The van der Waals surface area contributed by atoms with Gasteiger partial charge in [-0.15, -0.1) is 0 Å². The van der Waals surface area contributed by atoms with Gasteiger partial charge in [0.05, 0.1) is 6.61 Å². The van der Waals surface area contributed by atoms with Crippen LogP contribution in [0, 0.1) is 0 Å². The maximum atomic E-state index is 5.00. The van der Waals surface area contributed by atoms with Gasteiger partial charge in [0.2, 0.25) is 0 Å². The van der Waals surface area contributed by atoms with Crippen LogP contribution < -0.4 is 5.32 Å². The van der Waals surface area contributed by atoms with Crippen molar-refractivity contribution in [1.29, 1.82) is 0 Å². The summed E-state index contributed by atoms with van der Waals surface area (Å²) in [5, 5.41) is 3.30. The van der Waals surface area contributed by atoms with Gasteiger partial charge in [-0.2, -0.15) is 0 Å². The number of ether oxygens (including phenoxy) is 1. The van der Waals surface area contributed by atoms with E-state index in [0.29, 0.717) is 0 Å². The summed E-state index contributed by atoms with van der Waals surface area (Å²) in [6.45, 7) is 12.1. The molecule has 1 N–H and O–H groups in total. The van der Waals surface area contributed by atoms with Crippen LogP contribution in [-0.2, 0) is 4.74 Å². The summed E-state index contributed by atoms with van der Waals surface area (Å²) in [6.07, 6.45) is 0. The van der Waals surface area contributed by atoms with Crippen molar-refractivity contribution >= 4 is 0 Å². The molecule has 0 saturated heterocycles. The van der Waals surface area contributed by atoms with Crippen LogP contribution in [0.2, 0.25) is 0 Å². The lowest BCUT2D eigenvalue weighted by molar-refractivity contribution is 0.130. The van der Waals surface area contributed by atoms with Gasteiger partial charge in [0.25, 0.3) is 0 Å². The molecule has 2 nitrogen and oxygen atoms in total. The monoisotopic (exact) mass is 161 g/mol. The first-order chi connectivity index (χ1) is 5.12. The Labute approximate surface area is 71.3 Å². The van der Waals surface area contributed by atoms with Crippen molar-refractivity contribution in [2.24, 2.45) is 0 Å². The Bertz CT molecular complexity index is 64.0. The minimum Gasteiger partial charge on any atom is -0.383 e. The summed E-state index contributed by atoms with van der Waals surface area (Å²) in [5.74, 6) is 0. The third kappa shape index (κ3) is 9.92. The Morgan fingerprint density at radius 2 is 1.73 bits per heavy atom. The van der Waals surface area contributed by atoms with Gasteiger partial charge >= 0.3 is 0 Å². The lowest BCUT2D eigenvalue weighted by atomic mass is 10.1. The van der Waals surface area contributed by atoms with E-state index in [0.717, 1.165) is 13.2 Å². The Hall–Kier alpha value is -0.0800. The van der Waals surface area contributed by atoms with Crippen LogP contribution >= 0.6 is 0 Å². The predicted molar refractivity (Wildman–Crippen MR) is 51.0 cm³/mol. The van der Waals surface area contributed by atoms with Crippen LogP contribution in [0.1, 0.15) is 34.6 Å². The molecule has 0 amide bonds. The number of hydrogen-bond acceptors (Lipinski definition) is 2. The molecule has 0 aliphatic rings. The van der Waals surface area contributed by atoms with E-state index in [1.165, 1.54) is 0 Å². The van der Waals surface area contributed by atoms with E-state index in [9.17, 15) is 0 Å². The molecule has 0 aromatic carbocycles. The van der Waals surface area contributed by atoms with E-state index in [2.05, 4.69) is 26.1 Å². The first kappa shape index (κ1) is 13.5. The first-order valence-corrected chi connectivity index (χ1v) is 4.36. The van der Waals surface area contributed by atoms with E-state index in [1.54, 1.807) is 7.11 Å². The highest BCUT2D eigenvalue weighted by atomic mass is 16.5. The fourth-order valence-corrected chi connectivity index (χ4v) is 0.890. The molecule has 0 saturated carbocycles. The molecule has 0 unspecified atom stereocenters. The average molecular weight is 161 g/mol. The van der Waals surface area contributed by atoms with Crippen LogP contribution in [-0.4, -0.2) is 25.8 Å². The maximum Gasteiger partial charge on any atom is 0.0639 e. The molecule has 0 aliphatic carbocycles. The normalized spacial score (nSPS) is 10.4. The third-order valence-electron chi connectivity index (χ3n) is 1.16. The molecule has 0 aromatic rings. The molecule has 11 heavy (non-hydrogen) atoms. The molecule has 0 aromatic heterocycles. The lowest BCUT2D eigenvalue weighted by Gasteiger charge is -2.24. The minimum atomic E-state index is 0.128. The van der Waals surface area contributed by atoms with Crippen molar-refractivity contribution in [3.8, 4) is 0 Å². The van der Waals surface area contributed by atoms with Crippen LogP contribution in [0.5, 0.6) is 0 Å². The van der Waals surface area contributed by atoms with Crippen molar-refractivity contribution < 1.29 is 4.74 Å². The van der Waals surface area contributed by atoms with Crippen molar-refractivity contribution in [2.45, 2.75) is 40.2 Å². The van der Waals surface area contributed by atoms with E-state index in [1.807, 2.05) is 13.8 Å². The summed E-state index contributed by atoms with van der Waals surface area (Å²) in [4.78, 5) is 0. The second-order valence-electron chi connectivity index (χ2n) is 2.85. The standard InChI is InChI=1S/C7H17NO.C2H6/c1-5-8-7(2,3)6-9-4;1-2/h8H,5-6H2,1-4H3;1-2H3. The number of rotatable bonds is 4. The van der Waals surface area contributed by atoms with Gasteiger partial charge in [0.15, 0.2) is 0 Å². The first-order valence-electron chi connectivity index (χ1n) is 4.36. The van der Waals surface area contributed by atoms with Gasteiger partial charge < -0.3 is 10.1 Å². The van der Waals surface area contributed by atoms with Crippen molar-refractivity contribution in [3.05, 3.63) is 0 Å². The molecule has 0 radical (unpaired) electrons. The molecule has 0 rings (SSSR count). The van der Waals surface area contributed by atoms with Gasteiger partial charge in [0.1, 0.15) is 0 Å². The zero-order valence-electron chi connectivity index (χ0n) is 8.82. The largest absolute Gasteiger partial charge is 0.383 e. The Kier molecular flexibility index (Phi) is 9.85. The molecule has 0 atom stereocenters. The highest BCUT2D eigenvalue weighted by molar-refractivity contribution is 4.75. The minimum absolute atomic E-state index is 0.128. The van der Waals surface area contributed by atoms with Crippen LogP contribution in [0.4, 0.5) is 0 Å². The van der Waals surface area contributed by atoms with Crippen molar-refractivity contribution in [1.82, 2.24) is 5.32 Å². The number of likely N-dealkylation sites (N-methyl/N-ethyl adjacent to an activating group) is 1. The second-order valence-corrected chi connectivity index (χ2v) is 2.85. The van der Waals surface area contributed by atoms with Gasteiger partial charge in [-0.1, -0.05) is 20.8 Å². The van der Waals surface area contributed by atoms with Gasteiger partial charge in [0, 0.05) is 12.6 Å². The molecule has 0 bridgehead atoms. The molecular formula is C9H23NO. The Morgan fingerprint density at radius 3 is 2.00 bits per heavy atom. The SMILES string of the molecule is CC.CCNC(C)(C)COC. The molecule has 0 aliphatic heterocycles. The number of hydrogen-bond donors (Lipinski definition) is 1. The van der Waals surface area contributed by atoms with Gasteiger partial charge in [-0.05, 0) is 20.4 Å². The van der Waals surface area contributed by atoms with E-state index in [-0.39, 0.29) is 5.54 Å². The number of methoxy groups -OCH3 is 1. The summed E-state index contributed by atoms with van der Waals surface area (Å²) >= 11 is 0. The van der Waals surface area contributed by atoms with Crippen LogP contribution in [0.25, 0.3) is 0 Å². The zero-order valence-corrected chi connectivity index (χ0v) is 8.82. The van der Waals surface area contributed by atoms with Crippen LogP contribution in [0.3, 0.4) is 0 Å². The Balaban J connectivity index is 0. The lowest BCUT2D eigenvalue weighted by Crippen LogP contribution is -2.42. The zero-order chi connectivity index (χ0) is 9.33. The van der Waals surface area contributed by atoms with E-state index < -0.39 is 0 Å². The average Bonchev–Trinajstić information content (AvgIpc) is 1.91. The second kappa shape index (κ2) is 8.02. The molecule has 70 valence electrons. The van der Waals surface area contributed by atoms with E-state index >= 15 is 0 Å². The van der Waals surface area contributed by atoms with E-state index in [4.69, 9.17) is 4.74 Å². The predicted octanol–water partition coefficient (Wildman–Crippen LogP) is 2.05. The summed E-state index contributed by atoms with van der Waals surface area (Å²) in [6, 6.07) is 0. The van der Waals surface area contributed by atoms with Crippen molar-refractivity contribution in [2.75, 3.05) is 20.3 Å². The molecule has 0 heterocycles. The fourth-order valence-electron chi connectivity index (χ4n) is 0.890.